The van der Waals surface area contributed by atoms with Crippen LogP contribution in [0.2, 0.25) is 0 Å². The van der Waals surface area contributed by atoms with Gasteiger partial charge in [-0.25, -0.2) is 14.8 Å². The summed E-state index contributed by atoms with van der Waals surface area (Å²) in [6.45, 7) is 7.09. The van der Waals surface area contributed by atoms with Crippen LogP contribution in [-0.4, -0.2) is 97.5 Å². The standard InChI is InChI=1S/C20H26N6O2S.C2HF3O2/c1-14-10-22-17(11-21-14)18(27)25-6-4-20(5-7-25)19(28)24(3)8-9-26(20)12-16-13-29-15(2)23-16;3-2(4,5)1(6)7/h10-11,13H,4-9,12H2,1-3H3;(H,6,7). The monoisotopic (exact) mass is 528 g/mol. The van der Waals surface area contributed by atoms with Crippen LogP contribution < -0.4 is 0 Å². The molecule has 0 bridgehead atoms. The van der Waals surface area contributed by atoms with Gasteiger partial charge in [-0.15, -0.1) is 11.3 Å². The Morgan fingerprint density at radius 1 is 1.11 bits per heavy atom. The van der Waals surface area contributed by atoms with E-state index in [-0.39, 0.29) is 11.8 Å². The number of carbonyl (C=O) groups is 3. The van der Waals surface area contributed by atoms with Gasteiger partial charge in [0.25, 0.3) is 5.91 Å². The number of carbonyl (C=O) groups excluding carboxylic acids is 2. The third-order valence-electron chi connectivity index (χ3n) is 6.20. The molecule has 0 saturated carbocycles. The second-order valence-electron chi connectivity index (χ2n) is 8.68. The lowest BCUT2D eigenvalue weighted by atomic mass is 9.82. The van der Waals surface area contributed by atoms with Crippen molar-refractivity contribution in [2.24, 2.45) is 0 Å². The molecule has 2 fully saturated rings. The Labute approximate surface area is 209 Å². The summed E-state index contributed by atoms with van der Waals surface area (Å²) in [5.41, 5.74) is 1.58. The number of aromatic nitrogens is 3. The van der Waals surface area contributed by atoms with Gasteiger partial charge in [-0.1, -0.05) is 0 Å². The van der Waals surface area contributed by atoms with Crippen LogP contribution in [0.4, 0.5) is 13.2 Å². The van der Waals surface area contributed by atoms with E-state index in [4.69, 9.17) is 9.90 Å². The fourth-order valence-electron chi connectivity index (χ4n) is 4.26. The normalized spacial score (nSPS) is 18.1. The molecule has 0 aliphatic carbocycles. The first-order valence-electron chi connectivity index (χ1n) is 11.1. The van der Waals surface area contributed by atoms with Crippen molar-refractivity contribution < 1.29 is 32.7 Å². The lowest BCUT2D eigenvalue weighted by Gasteiger charge is -2.52. The van der Waals surface area contributed by atoms with Gasteiger partial charge in [-0.3, -0.25) is 19.5 Å². The fourth-order valence-corrected chi connectivity index (χ4v) is 4.86. The van der Waals surface area contributed by atoms with E-state index in [2.05, 4.69) is 25.2 Å². The first-order valence-corrected chi connectivity index (χ1v) is 12.0. The minimum Gasteiger partial charge on any atom is -0.475 e. The Morgan fingerprint density at radius 3 is 2.25 bits per heavy atom. The zero-order valence-electron chi connectivity index (χ0n) is 20.1. The predicted octanol–water partition coefficient (Wildman–Crippen LogP) is 2.13. The van der Waals surface area contributed by atoms with Crippen molar-refractivity contribution >= 4 is 29.1 Å². The molecule has 4 rings (SSSR count). The van der Waals surface area contributed by atoms with Crippen LogP contribution in [0, 0.1) is 13.8 Å². The fraction of sp³-hybridized carbons (Fsp3) is 0.545. The average Bonchev–Trinajstić information content (AvgIpc) is 3.24. The number of amides is 2. The SMILES string of the molecule is Cc1cnc(C(=O)N2CCC3(CC2)C(=O)N(C)CCN3Cc2csc(C)n2)cn1.O=C(O)C(F)(F)F. The number of hydrogen-bond acceptors (Lipinski definition) is 8. The van der Waals surface area contributed by atoms with Crippen LogP contribution in [0.15, 0.2) is 17.8 Å². The average molecular weight is 529 g/mol. The molecule has 0 atom stereocenters. The van der Waals surface area contributed by atoms with Crippen LogP contribution in [-0.2, 0) is 16.1 Å². The van der Waals surface area contributed by atoms with Crippen molar-refractivity contribution in [1.29, 1.82) is 0 Å². The first kappa shape index (κ1) is 27.5. The Bertz CT molecular complexity index is 1100. The number of thiazole rings is 1. The number of carboxylic acid groups (broad SMARTS) is 1. The van der Waals surface area contributed by atoms with Crippen molar-refractivity contribution in [3.8, 4) is 0 Å². The molecule has 196 valence electrons. The second-order valence-corrected chi connectivity index (χ2v) is 9.74. The summed E-state index contributed by atoms with van der Waals surface area (Å²) in [6.07, 6.45) is -0.719. The molecular weight excluding hydrogens is 501 g/mol. The number of piperazine rings is 1. The minimum atomic E-state index is -5.08. The molecule has 0 aromatic carbocycles. The number of rotatable bonds is 3. The highest BCUT2D eigenvalue weighted by atomic mass is 32.1. The van der Waals surface area contributed by atoms with E-state index in [1.807, 2.05) is 25.8 Å². The maximum atomic E-state index is 13.2. The van der Waals surface area contributed by atoms with Gasteiger partial charge in [-0.2, -0.15) is 13.2 Å². The van der Waals surface area contributed by atoms with Gasteiger partial charge < -0.3 is 14.9 Å². The molecule has 2 aromatic rings. The number of likely N-dealkylation sites (tertiary alicyclic amines) is 1. The van der Waals surface area contributed by atoms with E-state index >= 15 is 0 Å². The van der Waals surface area contributed by atoms with E-state index in [9.17, 15) is 22.8 Å². The second kappa shape index (κ2) is 10.9. The van der Waals surface area contributed by atoms with Gasteiger partial charge in [0.05, 0.1) is 22.6 Å². The van der Waals surface area contributed by atoms with Crippen molar-refractivity contribution in [2.45, 2.75) is 44.9 Å². The number of alkyl halides is 3. The maximum absolute atomic E-state index is 13.2. The zero-order valence-corrected chi connectivity index (χ0v) is 20.9. The molecule has 0 radical (unpaired) electrons. The van der Waals surface area contributed by atoms with Gasteiger partial charge >= 0.3 is 12.1 Å². The summed E-state index contributed by atoms with van der Waals surface area (Å²) in [5, 5.41) is 10.2. The number of aliphatic carboxylic acids is 1. The van der Waals surface area contributed by atoms with E-state index in [0.29, 0.717) is 44.7 Å². The van der Waals surface area contributed by atoms with Crippen LogP contribution in [0.25, 0.3) is 0 Å². The van der Waals surface area contributed by atoms with Crippen molar-refractivity contribution in [3.05, 3.63) is 39.9 Å². The number of likely N-dealkylation sites (N-methyl/N-ethyl adjacent to an activating group) is 1. The summed E-state index contributed by atoms with van der Waals surface area (Å²) >= 11 is 1.63. The van der Waals surface area contributed by atoms with Crippen LogP contribution >= 0.6 is 11.3 Å². The van der Waals surface area contributed by atoms with Crippen LogP contribution in [0.1, 0.15) is 39.7 Å². The van der Waals surface area contributed by atoms with Gasteiger partial charge in [0.2, 0.25) is 5.91 Å². The Balaban J connectivity index is 0.000000454. The van der Waals surface area contributed by atoms with Gasteiger partial charge in [0.15, 0.2) is 0 Å². The smallest absolute Gasteiger partial charge is 0.475 e. The third kappa shape index (κ3) is 6.16. The van der Waals surface area contributed by atoms with E-state index in [1.165, 1.54) is 6.20 Å². The zero-order chi connectivity index (χ0) is 26.7. The number of carboxylic acids is 1. The number of hydrogen-bond donors (Lipinski definition) is 1. The molecule has 1 spiro atoms. The molecule has 2 aliphatic heterocycles. The molecule has 14 heteroatoms. The van der Waals surface area contributed by atoms with Gasteiger partial charge in [0, 0.05) is 51.3 Å². The Hall–Kier alpha value is -3.13. The summed E-state index contributed by atoms with van der Waals surface area (Å²) in [6, 6.07) is 0. The van der Waals surface area contributed by atoms with Crippen molar-refractivity contribution in [1.82, 2.24) is 29.7 Å². The predicted molar refractivity (Wildman–Crippen MR) is 123 cm³/mol. The number of halogens is 3. The third-order valence-corrected chi connectivity index (χ3v) is 7.02. The lowest BCUT2D eigenvalue weighted by Crippen LogP contribution is -2.68. The largest absolute Gasteiger partial charge is 0.490 e. The van der Waals surface area contributed by atoms with E-state index < -0.39 is 17.7 Å². The highest BCUT2D eigenvalue weighted by molar-refractivity contribution is 7.09. The molecule has 2 aromatic heterocycles. The van der Waals surface area contributed by atoms with Gasteiger partial charge in [0.1, 0.15) is 11.2 Å². The lowest BCUT2D eigenvalue weighted by molar-refractivity contribution is -0.192. The maximum Gasteiger partial charge on any atom is 0.490 e. The van der Waals surface area contributed by atoms with E-state index in [0.717, 1.165) is 22.9 Å². The highest BCUT2D eigenvalue weighted by Crippen LogP contribution is 2.35. The summed E-state index contributed by atoms with van der Waals surface area (Å²) in [4.78, 5) is 53.8. The first-order chi connectivity index (χ1) is 16.8. The van der Waals surface area contributed by atoms with Crippen LogP contribution in [0.3, 0.4) is 0 Å². The Morgan fingerprint density at radius 2 is 1.75 bits per heavy atom. The quantitative estimate of drug-likeness (QED) is 0.644. The molecule has 10 nitrogen and oxygen atoms in total. The molecule has 2 aliphatic rings. The molecule has 36 heavy (non-hydrogen) atoms. The van der Waals surface area contributed by atoms with Crippen LogP contribution in [0.5, 0.6) is 0 Å². The number of nitrogens with zero attached hydrogens (tertiary/aromatic N) is 6. The molecule has 1 N–H and O–H groups in total. The summed E-state index contributed by atoms with van der Waals surface area (Å²) in [7, 11) is 1.87. The molecular formula is C22H27F3N6O4S. The topological polar surface area (TPSA) is 120 Å². The Kier molecular flexibility index (Phi) is 8.29. The molecule has 0 unspecified atom stereocenters. The van der Waals surface area contributed by atoms with Crippen molar-refractivity contribution in [2.75, 3.05) is 33.2 Å². The van der Waals surface area contributed by atoms with Gasteiger partial charge in [-0.05, 0) is 26.7 Å². The molecule has 2 amide bonds. The summed E-state index contributed by atoms with van der Waals surface area (Å²) < 4.78 is 31.7. The van der Waals surface area contributed by atoms with E-state index in [1.54, 1.807) is 22.4 Å². The minimum absolute atomic E-state index is 0.120. The number of aryl methyl sites for hydroxylation is 2. The molecule has 4 heterocycles. The number of piperidine rings is 1. The van der Waals surface area contributed by atoms with Crippen molar-refractivity contribution in [3.63, 3.8) is 0 Å². The molecule has 2 saturated heterocycles. The highest BCUT2D eigenvalue weighted by Gasteiger charge is 2.50. The summed E-state index contributed by atoms with van der Waals surface area (Å²) in [5.74, 6) is -2.73.